The van der Waals surface area contributed by atoms with E-state index in [0.717, 1.165) is 17.8 Å². The van der Waals surface area contributed by atoms with Crippen LogP contribution in [0.1, 0.15) is 131 Å². The second-order valence-corrected chi connectivity index (χ2v) is 18.5. The van der Waals surface area contributed by atoms with Crippen LogP contribution in [0, 0.1) is 0 Å². The molecule has 0 saturated heterocycles. The van der Waals surface area contributed by atoms with Gasteiger partial charge in [0, 0.05) is 0 Å². The molecule has 0 spiro atoms. The molecule has 0 atom stereocenters. The molecule has 0 N–H and O–H groups in total. The Bertz CT molecular complexity index is 947. The molecular weight excluding hydrogens is 554 g/mol. The first kappa shape index (κ1) is 25.7. The van der Waals surface area contributed by atoms with Crippen LogP contribution in [0.3, 0.4) is 0 Å². The average molecular weight is 600 g/mol. The van der Waals surface area contributed by atoms with Gasteiger partial charge in [-0.05, 0) is 0 Å². The Morgan fingerprint density at radius 2 is 0.568 bits per heavy atom. The summed E-state index contributed by atoms with van der Waals surface area (Å²) < 4.78 is 4.87. The van der Waals surface area contributed by atoms with Gasteiger partial charge in [-0.3, -0.25) is 0 Å². The molecule has 3 aromatic rings. The third kappa shape index (κ3) is 6.22. The van der Waals surface area contributed by atoms with Crippen molar-refractivity contribution in [1.82, 2.24) is 0 Å². The summed E-state index contributed by atoms with van der Waals surface area (Å²) in [4.78, 5) is 0. The van der Waals surface area contributed by atoms with E-state index in [1.165, 1.54) is 96.3 Å². The van der Waals surface area contributed by atoms with Crippen molar-refractivity contribution >= 4 is 30.7 Å². The topological polar surface area (TPSA) is 0 Å². The standard InChI is InChI=1S/3C12H15.Sb/c3*1-3-7-11(8-4-1)12-9-5-2-6-10-12;/h3*5-6,9-11H,1,3-4,7-8H2;. The summed E-state index contributed by atoms with van der Waals surface area (Å²) in [5.41, 5.74) is 4.76. The molecule has 3 aliphatic carbocycles. The predicted molar refractivity (Wildman–Crippen MR) is 161 cm³/mol. The fraction of sp³-hybridized carbons (Fsp3) is 0.500. The minimum atomic E-state index is -2.08. The van der Waals surface area contributed by atoms with Gasteiger partial charge in [0.1, 0.15) is 0 Å². The number of rotatable bonds is 6. The summed E-state index contributed by atoms with van der Waals surface area (Å²) in [5.74, 6) is 2.37. The predicted octanol–water partition coefficient (Wildman–Crippen LogP) is 8.35. The summed E-state index contributed by atoms with van der Waals surface area (Å²) in [6, 6.07) is 30.1. The Morgan fingerprint density at radius 1 is 0.324 bits per heavy atom. The van der Waals surface area contributed by atoms with Gasteiger partial charge in [0.15, 0.2) is 0 Å². The van der Waals surface area contributed by atoms with E-state index in [1.807, 2.05) is 0 Å². The number of hydrogen-bond acceptors (Lipinski definition) is 0. The van der Waals surface area contributed by atoms with Gasteiger partial charge in [0.25, 0.3) is 0 Å². The number of benzene rings is 3. The first-order valence-corrected chi connectivity index (χ1v) is 19.3. The molecule has 0 radical (unpaired) electrons. The Morgan fingerprint density at radius 3 is 0.811 bits per heavy atom. The zero-order valence-electron chi connectivity index (χ0n) is 22.7. The second kappa shape index (κ2) is 12.6. The molecule has 0 amide bonds. The second-order valence-electron chi connectivity index (χ2n) is 12.1. The van der Waals surface area contributed by atoms with Crippen LogP contribution in [0.4, 0.5) is 0 Å². The van der Waals surface area contributed by atoms with Gasteiger partial charge in [0.05, 0.1) is 0 Å². The molecule has 0 bridgehead atoms. The Kier molecular flexibility index (Phi) is 8.73. The van der Waals surface area contributed by atoms with Crippen molar-refractivity contribution in [1.29, 1.82) is 0 Å². The van der Waals surface area contributed by atoms with Gasteiger partial charge in [0.2, 0.25) is 0 Å². The molecule has 0 heterocycles. The molecule has 0 aromatic heterocycles. The summed E-state index contributed by atoms with van der Waals surface area (Å²) in [7, 11) is 0. The molecular formula is C36H45Sb. The molecule has 0 nitrogen and oxygen atoms in total. The zero-order valence-corrected chi connectivity index (χ0v) is 25.3. The van der Waals surface area contributed by atoms with Gasteiger partial charge in [-0.1, -0.05) is 0 Å². The van der Waals surface area contributed by atoms with E-state index < -0.39 is 20.2 Å². The van der Waals surface area contributed by atoms with Gasteiger partial charge < -0.3 is 0 Å². The molecule has 6 rings (SSSR count). The van der Waals surface area contributed by atoms with Crippen molar-refractivity contribution in [3.8, 4) is 0 Å². The zero-order chi connectivity index (χ0) is 24.9. The molecule has 3 aliphatic rings. The van der Waals surface area contributed by atoms with Crippen molar-refractivity contribution in [3.63, 3.8) is 0 Å². The van der Waals surface area contributed by atoms with Crippen molar-refractivity contribution in [3.05, 3.63) is 89.5 Å². The van der Waals surface area contributed by atoms with E-state index >= 15 is 0 Å². The molecule has 3 saturated carbocycles. The van der Waals surface area contributed by atoms with Gasteiger partial charge in [-0.2, -0.15) is 0 Å². The van der Waals surface area contributed by atoms with Crippen LogP contribution in [-0.2, 0) is 0 Å². The third-order valence-electron chi connectivity index (χ3n) is 9.68. The number of hydrogen-bond donors (Lipinski definition) is 0. The maximum absolute atomic E-state index is 2.52. The average Bonchev–Trinajstić information content (AvgIpc) is 3.00. The van der Waals surface area contributed by atoms with Crippen LogP contribution in [0.15, 0.2) is 72.8 Å². The van der Waals surface area contributed by atoms with Crippen LogP contribution in [0.5, 0.6) is 0 Å². The van der Waals surface area contributed by atoms with Crippen LogP contribution in [0.2, 0.25) is 0 Å². The van der Waals surface area contributed by atoms with E-state index in [0.29, 0.717) is 0 Å². The van der Waals surface area contributed by atoms with E-state index in [1.54, 1.807) is 27.2 Å². The van der Waals surface area contributed by atoms with Crippen molar-refractivity contribution < 1.29 is 0 Å². The molecule has 37 heavy (non-hydrogen) atoms. The summed E-state index contributed by atoms with van der Waals surface area (Å²) in [6.45, 7) is 0. The van der Waals surface area contributed by atoms with E-state index in [-0.39, 0.29) is 0 Å². The van der Waals surface area contributed by atoms with Crippen LogP contribution in [-0.4, -0.2) is 20.2 Å². The van der Waals surface area contributed by atoms with Crippen LogP contribution < -0.4 is 10.5 Å². The summed E-state index contributed by atoms with van der Waals surface area (Å²) in [5, 5.41) is 0. The first-order valence-electron chi connectivity index (χ1n) is 15.5. The van der Waals surface area contributed by atoms with Crippen molar-refractivity contribution in [2.24, 2.45) is 0 Å². The Balaban J connectivity index is 1.29. The molecule has 3 fully saturated rings. The summed E-state index contributed by atoms with van der Waals surface area (Å²) in [6.07, 6.45) is 21.1. The third-order valence-corrected chi connectivity index (χ3v) is 16.7. The van der Waals surface area contributed by atoms with E-state index in [4.69, 9.17) is 0 Å². The van der Waals surface area contributed by atoms with Crippen molar-refractivity contribution in [2.45, 2.75) is 114 Å². The van der Waals surface area contributed by atoms with Crippen LogP contribution in [0.25, 0.3) is 0 Å². The van der Waals surface area contributed by atoms with Crippen LogP contribution >= 0.6 is 0 Å². The molecule has 1 heteroatoms. The first-order chi connectivity index (χ1) is 18.3. The molecule has 0 unspecified atom stereocenters. The Labute approximate surface area is 233 Å². The molecule has 194 valence electrons. The fourth-order valence-corrected chi connectivity index (χ4v) is 13.8. The normalized spacial score (nSPS) is 20.4. The SMILES string of the molecule is c1c[c]([Sb]([c]2ccc(C3CCCCC3)cc2)[c]2ccc(C3CCCCC3)cc2)ccc1C1CCCCC1. The van der Waals surface area contributed by atoms with E-state index in [2.05, 4.69) is 72.8 Å². The van der Waals surface area contributed by atoms with Crippen molar-refractivity contribution in [2.75, 3.05) is 0 Å². The van der Waals surface area contributed by atoms with Gasteiger partial charge in [-0.25, -0.2) is 0 Å². The van der Waals surface area contributed by atoms with Gasteiger partial charge in [-0.15, -0.1) is 0 Å². The molecule has 3 aromatic carbocycles. The van der Waals surface area contributed by atoms with Gasteiger partial charge >= 0.3 is 234 Å². The fourth-order valence-electron chi connectivity index (χ4n) is 7.44. The molecule has 0 aliphatic heterocycles. The van der Waals surface area contributed by atoms with E-state index in [9.17, 15) is 0 Å². The quantitative estimate of drug-likeness (QED) is 0.250. The monoisotopic (exact) mass is 598 g/mol. The Hall–Kier alpha value is -1.52. The minimum absolute atomic E-state index is 0.790. The summed E-state index contributed by atoms with van der Waals surface area (Å²) >= 11 is -2.08. The maximum atomic E-state index is 2.52.